The van der Waals surface area contributed by atoms with Crippen LogP contribution >= 0.6 is 0 Å². The van der Waals surface area contributed by atoms with Crippen molar-refractivity contribution in [3.05, 3.63) is 11.6 Å². The lowest BCUT2D eigenvalue weighted by Crippen LogP contribution is -2.50. The Morgan fingerprint density at radius 1 is 0.927 bits per heavy atom. The van der Waals surface area contributed by atoms with Crippen molar-refractivity contribution in [3.63, 3.8) is 0 Å². The van der Waals surface area contributed by atoms with E-state index in [9.17, 15) is 5.11 Å². The molecule has 41 heavy (non-hydrogen) atoms. The van der Waals surface area contributed by atoms with Crippen LogP contribution in [0.15, 0.2) is 11.6 Å². The average molecular weight is 574 g/mol. The molecule has 0 aromatic rings. The maximum absolute atomic E-state index is 10.2. The number of nitrogens with one attached hydrogen (secondary N) is 5. The van der Waals surface area contributed by atoms with Crippen molar-refractivity contribution in [2.24, 2.45) is 57.8 Å². The highest BCUT2D eigenvalue weighted by molar-refractivity contribution is 5.74. The van der Waals surface area contributed by atoms with Crippen LogP contribution in [0.2, 0.25) is 0 Å². The first-order chi connectivity index (χ1) is 19.4. The van der Waals surface area contributed by atoms with Gasteiger partial charge < -0.3 is 32.5 Å². The van der Waals surface area contributed by atoms with Gasteiger partial charge in [-0.05, 0) is 97.7 Å². The number of guanidine groups is 2. The van der Waals surface area contributed by atoms with Crippen molar-refractivity contribution in [2.75, 3.05) is 26.2 Å². The highest BCUT2D eigenvalue weighted by Crippen LogP contribution is 2.67. The molecule has 0 heterocycles. The van der Waals surface area contributed by atoms with Gasteiger partial charge >= 0.3 is 0 Å². The number of nitrogens with two attached hydrogens (primary N) is 2. The van der Waals surface area contributed by atoms with Gasteiger partial charge in [0.05, 0.1) is 6.10 Å². The fourth-order valence-electron chi connectivity index (χ4n) is 9.36. The molecule has 0 aromatic heterocycles. The van der Waals surface area contributed by atoms with Gasteiger partial charge in [-0.3, -0.25) is 10.8 Å². The summed E-state index contributed by atoms with van der Waals surface area (Å²) in [4.78, 5) is 0. The van der Waals surface area contributed by atoms with Gasteiger partial charge in [0.1, 0.15) is 0 Å². The number of allylic oxidation sites excluding steroid dienone is 1. The number of hydrogen-bond donors (Lipinski definition) is 8. The van der Waals surface area contributed by atoms with Gasteiger partial charge in [0.25, 0.3) is 0 Å². The van der Waals surface area contributed by atoms with E-state index in [0.29, 0.717) is 23.9 Å². The van der Waals surface area contributed by atoms with Crippen molar-refractivity contribution in [1.82, 2.24) is 16.0 Å². The third-order valence-corrected chi connectivity index (χ3v) is 11.5. The molecule has 236 valence electrons. The number of fused-ring (bicyclic) bond motifs is 5. The predicted molar refractivity (Wildman–Crippen MR) is 172 cm³/mol. The third kappa shape index (κ3) is 8.62. The molecular formula is C33H63N7O. The lowest BCUT2D eigenvalue weighted by molar-refractivity contribution is -0.0573. The molecule has 0 aliphatic heterocycles. The van der Waals surface area contributed by atoms with Crippen LogP contribution in [0.1, 0.15) is 105 Å². The quantitative estimate of drug-likeness (QED) is 0.0758. The molecule has 0 amide bonds. The standard InChI is InChI=1S/C27H46O.C6H17N7/c1-18(2)7-6-8-19(3)23-11-12-24-22-10-9-20-17-21(28)13-15-26(20,4)25(22)14-16-27(23,24)5;7-5(8)12-3-1-11-2-4-13-6(9)10/h9,18-19,21-25,28H,6-8,10-17H2,1-5H3;11H,1-4H2,(H4,7,8,12)(H4,9,10,13)/t19?,21-,22-,23+,24-,25-,26-,27+;/m0./s1. The molecule has 3 saturated carbocycles. The van der Waals surface area contributed by atoms with E-state index in [-0.39, 0.29) is 18.0 Å². The Morgan fingerprint density at radius 3 is 2.20 bits per heavy atom. The SMILES string of the molecule is CC(C)CCCC(C)[C@H]1CC[C@H]2[C@@H]3CC=C4C[C@@H](O)CC[C@]4(C)[C@H]3CC[C@]12C.N=C(N)NCCNCCNC(=N)N. The minimum Gasteiger partial charge on any atom is -0.393 e. The third-order valence-electron chi connectivity index (χ3n) is 11.5. The van der Waals surface area contributed by atoms with Crippen molar-refractivity contribution < 1.29 is 5.11 Å². The molecular weight excluding hydrogens is 510 g/mol. The van der Waals surface area contributed by atoms with Crippen LogP contribution in [0.5, 0.6) is 0 Å². The van der Waals surface area contributed by atoms with E-state index in [4.69, 9.17) is 22.3 Å². The van der Waals surface area contributed by atoms with Gasteiger partial charge in [0.2, 0.25) is 0 Å². The van der Waals surface area contributed by atoms with E-state index in [1.165, 1.54) is 57.8 Å². The van der Waals surface area contributed by atoms with Crippen LogP contribution in [-0.2, 0) is 0 Å². The van der Waals surface area contributed by atoms with Crippen molar-refractivity contribution in [2.45, 2.75) is 111 Å². The number of rotatable bonds is 11. The van der Waals surface area contributed by atoms with Crippen LogP contribution in [0, 0.1) is 57.2 Å². The highest BCUT2D eigenvalue weighted by Gasteiger charge is 2.59. The van der Waals surface area contributed by atoms with E-state index in [1.54, 1.807) is 5.57 Å². The Morgan fingerprint density at radius 2 is 1.59 bits per heavy atom. The van der Waals surface area contributed by atoms with Crippen molar-refractivity contribution in [3.8, 4) is 0 Å². The zero-order valence-electron chi connectivity index (χ0n) is 26.8. The van der Waals surface area contributed by atoms with E-state index in [2.05, 4.69) is 56.6 Å². The second-order valence-corrected chi connectivity index (χ2v) is 14.6. The van der Waals surface area contributed by atoms with Crippen LogP contribution < -0.4 is 27.4 Å². The Bertz CT molecular complexity index is 873. The van der Waals surface area contributed by atoms with Gasteiger partial charge in [-0.25, -0.2) is 0 Å². The second kappa shape index (κ2) is 15.1. The van der Waals surface area contributed by atoms with Gasteiger partial charge in [0, 0.05) is 26.2 Å². The maximum atomic E-state index is 10.2. The number of hydrogen-bond acceptors (Lipinski definition) is 4. The lowest BCUT2D eigenvalue weighted by atomic mass is 9.47. The number of aliphatic hydroxyl groups is 1. The molecule has 0 spiro atoms. The van der Waals surface area contributed by atoms with Gasteiger partial charge in [-0.1, -0.05) is 65.5 Å². The van der Waals surface area contributed by atoms with Crippen LogP contribution in [-0.4, -0.2) is 49.3 Å². The summed E-state index contributed by atoms with van der Waals surface area (Å²) in [5.74, 6) is 5.41. The summed E-state index contributed by atoms with van der Waals surface area (Å²) in [5.41, 5.74) is 12.7. The van der Waals surface area contributed by atoms with E-state index >= 15 is 0 Å². The van der Waals surface area contributed by atoms with Crippen LogP contribution in [0.3, 0.4) is 0 Å². The Labute approximate surface area is 250 Å². The van der Waals surface area contributed by atoms with Crippen LogP contribution in [0.25, 0.3) is 0 Å². The average Bonchev–Trinajstić information content (AvgIpc) is 3.25. The molecule has 10 N–H and O–H groups in total. The van der Waals surface area contributed by atoms with Gasteiger partial charge in [0.15, 0.2) is 11.9 Å². The van der Waals surface area contributed by atoms with Crippen LogP contribution in [0.4, 0.5) is 0 Å². The summed E-state index contributed by atoms with van der Waals surface area (Å²) in [6.07, 6.45) is 17.2. The zero-order chi connectivity index (χ0) is 30.2. The summed E-state index contributed by atoms with van der Waals surface area (Å²) in [6.45, 7) is 15.3. The molecule has 0 aromatic carbocycles. The Hall–Kier alpha value is -1.80. The minimum atomic E-state index is -0.0766. The predicted octanol–water partition coefficient (Wildman–Crippen LogP) is 4.93. The Kier molecular flexibility index (Phi) is 12.4. The highest BCUT2D eigenvalue weighted by atomic mass is 16.3. The molecule has 4 rings (SSSR count). The molecule has 8 nitrogen and oxygen atoms in total. The summed E-state index contributed by atoms with van der Waals surface area (Å²) >= 11 is 0. The Balaban J connectivity index is 0.000000302. The first-order valence-electron chi connectivity index (χ1n) is 16.6. The van der Waals surface area contributed by atoms with Crippen molar-refractivity contribution >= 4 is 11.9 Å². The molecule has 8 heteroatoms. The lowest BCUT2D eigenvalue weighted by Gasteiger charge is -2.58. The molecule has 8 atom stereocenters. The molecule has 3 fully saturated rings. The molecule has 4 aliphatic rings. The first kappa shape index (κ1) is 33.7. The van der Waals surface area contributed by atoms with Gasteiger partial charge in [-0.15, -0.1) is 0 Å². The monoisotopic (exact) mass is 574 g/mol. The zero-order valence-corrected chi connectivity index (χ0v) is 26.8. The van der Waals surface area contributed by atoms with E-state index in [1.807, 2.05) is 0 Å². The summed E-state index contributed by atoms with van der Waals surface area (Å²) in [7, 11) is 0. The first-order valence-corrected chi connectivity index (χ1v) is 16.6. The summed E-state index contributed by atoms with van der Waals surface area (Å²) in [6, 6.07) is 0. The second-order valence-electron chi connectivity index (χ2n) is 14.6. The van der Waals surface area contributed by atoms with Crippen molar-refractivity contribution in [1.29, 1.82) is 10.8 Å². The normalized spacial score (nSPS) is 34.7. The smallest absolute Gasteiger partial charge is 0.185 e. The number of aliphatic hydroxyl groups excluding tert-OH is 1. The van der Waals surface area contributed by atoms with E-state index < -0.39 is 0 Å². The topological polar surface area (TPSA) is 156 Å². The molecule has 0 bridgehead atoms. The van der Waals surface area contributed by atoms with Gasteiger partial charge in [-0.2, -0.15) is 0 Å². The summed E-state index contributed by atoms with van der Waals surface area (Å²) < 4.78 is 0. The fraction of sp³-hybridized carbons (Fsp3) is 0.879. The minimum absolute atomic E-state index is 0.0244. The molecule has 0 saturated heterocycles. The van der Waals surface area contributed by atoms with E-state index in [0.717, 1.165) is 61.4 Å². The molecule has 4 aliphatic carbocycles. The maximum Gasteiger partial charge on any atom is 0.185 e. The molecule has 1 unspecified atom stereocenters. The fourth-order valence-corrected chi connectivity index (χ4v) is 9.36. The largest absolute Gasteiger partial charge is 0.393 e. The molecule has 0 radical (unpaired) electrons. The summed E-state index contributed by atoms with van der Waals surface area (Å²) in [5, 5.41) is 32.3.